The van der Waals surface area contributed by atoms with E-state index < -0.39 is 0 Å². The van der Waals surface area contributed by atoms with E-state index in [-0.39, 0.29) is 11.9 Å². The maximum absolute atomic E-state index is 13.0. The molecule has 0 spiro atoms. The summed E-state index contributed by atoms with van der Waals surface area (Å²) in [6.45, 7) is 5.99. The van der Waals surface area contributed by atoms with Gasteiger partial charge in [0.05, 0.1) is 17.3 Å². The average Bonchev–Trinajstić information content (AvgIpc) is 3.28. The van der Waals surface area contributed by atoms with Crippen molar-refractivity contribution >= 4 is 34.1 Å². The van der Waals surface area contributed by atoms with Gasteiger partial charge in [-0.2, -0.15) is 5.10 Å². The summed E-state index contributed by atoms with van der Waals surface area (Å²) in [6, 6.07) is 24.2. The van der Waals surface area contributed by atoms with Gasteiger partial charge in [0.1, 0.15) is 0 Å². The highest BCUT2D eigenvalue weighted by Crippen LogP contribution is 2.40. The number of rotatable bonds is 4. The van der Waals surface area contributed by atoms with E-state index in [4.69, 9.17) is 21.7 Å². The second-order valence-corrected chi connectivity index (χ2v) is 9.12. The van der Waals surface area contributed by atoms with E-state index in [9.17, 15) is 4.79 Å². The fourth-order valence-corrected chi connectivity index (χ4v) is 4.99. The van der Waals surface area contributed by atoms with Crippen LogP contribution in [0.2, 0.25) is 5.02 Å². The number of halogens is 1. The molecule has 0 radical (unpaired) electrons. The highest BCUT2D eigenvalue weighted by molar-refractivity contribution is 6.30. The van der Waals surface area contributed by atoms with Crippen molar-refractivity contribution in [2.45, 2.75) is 39.7 Å². The number of carbonyl (C=O) groups excluding carboxylic acids is 1. The second-order valence-electron chi connectivity index (χ2n) is 8.69. The van der Waals surface area contributed by atoms with Gasteiger partial charge in [-0.15, -0.1) is 0 Å². The van der Waals surface area contributed by atoms with Crippen LogP contribution in [0.4, 0.5) is 0 Å². The fourth-order valence-electron chi connectivity index (χ4n) is 4.86. The lowest BCUT2D eigenvalue weighted by atomic mass is 9.88. The lowest BCUT2D eigenvalue weighted by molar-refractivity contribution is -0.132. The molecular weight excluding hydrogens is 442 g/mol. The quantitative estimate of drug-likeness (QED) is 0.317. The molecule has 170 valence electrons. The van der Waals surface area contributed by atoms with E-state index in [1.807, 2.05) is 68.4 Å². The van der Waals surface area contributed by atoms with Gasteiger partial charge in [-0.25, -0.2) is 5.01 Å². The zero-order valence-electron chi connectivity index (χ0n) is 19.5. The Labute approximate surface area is 204 Å². The second kappa shape index (κ2) is 9.03. The van der Waals surface area contributed by atoms with Gasteiger partial charge in [0.2, 0.25) is 5.91 Å². The minimum Gasteiger partial charge on any atom is -0.273 e. The number of benzene rings is 3. The Morgan fingerprint density at radius 2 is 1.68 bits per heavy atom. The van der Waals surface area contributed by atoms with E-state index in [2.05, 4.69) is 25.1 Å². The van der Waals surface area contributed by atoms with Gasteiger partial charge in [0, 0.05) is 40.1 Å². The number of nitrogens with zero attached hydrogens (tertiary/aromatic N) is 3. The number of hydrogen-bond donors (Lipinski definition) is 0. The van der Waals surface area contributed by atoms with Gasteiger partial charge < -0.3 is 0 Å². The molecule has 1 aromatic heterocycles. The van der Waals surface area contributed by atoms with Gasteiger partial charge in [-0.3, -0.25) is 9.78 Å². The first-order valence-corrected chi connectivity index (χ1v) is 12.0. The highest BCUT2D eigenvalue weighted by Gasteiger charge is 2.35. The smallest absolute Gasteiger partial charge is 0.242 e. The van der Waals surface area contributed by atoms with Gasteiger partial charge in [0.15, 0.2) is 0 Å². The van der Waals surface area contributed by atoms with Crippen LogP contribution in [0.15, 0.2) is 77.9 Å². The van der Waals surface area contributed by atoms with Crippen LogP contribution in [0.3, 0.4) is 0 Å². The van der Waals surface area contributed by atoms with Gasteiger partial charge >= 0.3 is 0 Å². The molecule has 1 aliphatic rings. The molecule has 34 heavy (non-hydrogen) atoms. The number of hydrazone groups is 1. The zero-order valence-corrected chi connectivity index (χ0v) is 20.3. The first kappa shape index (κ1) is 22.3. The standard InChI is InChI=1S/C29H26ClN3O/c1-4-27(34)33-26(22-10-6-5-9-18(22)2)17-25(32-33)28-19(3)31-24-12-8-7-11-23(24)29(28)20-13-15-21(30)16-14-20/h5-16,26H,4,17H2,1-3H3. The summed E-state index contributed by atoms with van der Waals surface area (Å²) in [7, 11) is 0. The van der Waals surface area contributed by atoms with Crippen LogP contribution in [0.1, 0.15) is 48.2 Å². The summed E-state index contributed by atoms with van der Waals surface area (Å²) in [4.78, 5) is 17.9. The lowest BCUT2D eigenvalue weighted by Crippen LogP contribution is -2.26. The molecule has 1 aliphatic heterocycles. The van der Waals surface area contributed by atoms with Crippen molar-refractivity contribution in [2.75, 3.05) is 0 Å². The van der Waals surface area contributed by atoms with Crippen LogP contribution in [0, 0.1) is 13.8 Å². The van der Waals surface area contributed by atoms with Crippen LogP contribution in [-0.4, -0.2) is 21.6 Å². The van der Waals surface area contributed by atoms with E-state index in [0.29, 0.717) is 17.9 Å². The molecule has 0 bridgehead atoms. The minimum absolute atomic E-state index is 0.0164. The Morgan fingerprint density at radius 3 is 2.41 bits per heavy atom. The number of aromatic nitrogens is 1. The third-order valence-electron chi connectivity index (χ3n) is 6.51. The Morgan fingerprint density at radius 1 is 0.971 bits per heavy atom. The molecule has 1 unspecified atom stereocenters. The molecule has 0 aliphatic carbocycles. The molecule has 1 amide bonds. The normalized spacial score (nSPS) is 15.6. The predicted molar refractivity (Wildman–Crippen MR) is 139 cm³/mol. The number of aryl methyl sites for hydroxylation is 2. The van der Waals surface area contributed by atoms with Gasteiger partial charge in [-0.1, -0.05) is 73.1 Å². The van der Waals surface area contributed by atoms with Crippen molar-refractivity contribution in [1.29, 1.82) is 0 Å². The van der Waals surface area contributed by atoms with E-state index >= 15 is 0 Å². The van der Waals surface area contributed by atoms with Gasteiger partial charge in [0.25, 0.3) is 0 Å². The van der Waals surface area contributed by atoms with Crippen LogP contribution >= 0.6 is 11.6 Å². The topological polar surface area (TPSA) is 45.6 Å². The minimum atomic E-state index is -0.132. The van der Waals surface area contributed by atoms with Gasteiger partial charge in [-0.05, 0) is 48.7 Å². The molecule has 0 saturated carbocycles. The number of carbonyl (C=O) groups is 1. The Kier molecular flexibility index (Phi) is 5.93. The molecule has 1 atom stereocenters. The molecule has 4 aromatic rings. The molecule has 0 saturated heterocycles. The average molecular weight is 468 g/mol. The molecular formula is C29H26ClN3O. The Bertz CT molecular complexity index is 1430. The van der Waals surface area contributed by atoms with Crippen molar-refractivity contribution in [3.8, 4) is 11.1 Å². The first-order valence-electron chi connectivity index (χ1n) is 11.6. The van der Waals surface area contributed by atoms with Crippen molar-refractivity contribution in [3.05, 3.63) is 100 Å². The summed E-state index contributed by atoms with van der Waals surface area (Å²) >= 11 is 6.21. The number of hydrogen-bond acceptors (Lipinski definition) is 3. The highest BCUT2D eigenvalue weighted by atomic mass is 35.5. The van der Waals surface area contributed by atoms with Crippen LogP contribution < -0.4 is 0 Å². The third kappa shape index (κ3) is 3.88. The monoisotopic (exact) mass is 467 g/mol. The Hall–Kier alpha value is -3.50. The van der Waals surface area contributed by atoms with Crippen molar-refractivity contribution in [1.82, 2.24) is 9.99 Å². The number of fused-ring (bicyclic) bond motifs is 1. The molecule has 3 aromatic carbocycles. The SMILES string of the molecule is CCC(=O)N1N=C(c2c(C)nc3ccccc3c2-c2ccc(Cl)cc2)CC1c1ccccc1C. The molecule has 0 fully saturated rings. The molecule has 2 heterocycles. The summed E-state index contributed by atoms with van der Waals surface area (Å²) in [5, 5.41) is 8.36. The largest absolute Gasteiger partial charge is 0.273 e. The maximum Gasteiger partial charge on any atom is 0.242 e. The predicted octanol–water partition coefficient (Wildman–Crippen LogP) is 7.26. The van der Waals surface area contributed by atoms with E-state index in [1.165, 1.54) is 0 Å². The number of amides is 1. The number of pyridine rings is 1. The van der Waals surface area contributed by atoms with Crippen molar-refractivity contribution < 1.29 is 4.79 Å². The first-order chi connectivity index (χ1) is 16.5. The summed E-state index contributed by atoms with van der Waals surface area (Å²) in [5.74, 6) is 0.0164. The maximum atomic E-state index is 13.0. The van der Waals surface area contributed by atoms with Crippen molar-refractivity contribution in [2.24, 2.45) is 5.10 Å². The van der Waals surface area contributed by atoms with E-state index in [1.54, 1.807) is 5.01 Å². The molecule has 0 N–H and O–H groups in total. The Balaban J connectivity index is 1.73. The van der Waals surface area contributed by atoms with E-state index in [0.717, 1.165) is 50.1 Å². The van der Waals surface area contributed by atoms with Crippen LogP contribution in [0.5, 0.6) is 0 Å². The summed E-state index contributed by atoms with van der Waals surface area (Å²) in [5.41, 5.74) is 8.12. The lowest BCUT2D eigenvalue weighted by Gasteiger charge is -2.23. The molecule has 4 nitrogen and oxygen atoms in total. The summed E-state index contributed by atoms with van der Waals surface area (Å²) < 4.78 is 0. The van der Waals surface area contributed by atoms with Crippen molar-refractivity contribution in [3.63, 3.8) is 0 Å². The third-order valence-corrected chi connectivity index (χ3v) is 6.76. The molecule has 5 heteroatoms. The van der Waals surface area contributed by atoms with Crippen LogP contribution in [0.25, 0.3) is 22.0 Å². The zero-order chi connectivity index (χ0) is 23.8. The number of para-hydroxylation sites is 1. The fraction of sp³-hybridized carbons (Fsp3) is 0.207. The molecule has 5 rings (SSSR count). The van der Waals surface area contributed by atoms with Crippen LogP contribution in [-0.2, 0) is 4.79 Å². The summed E-state index contributed by atoms with van der Waals surface area (Å²) in [6.07, 6.45) is 1.04.